The van der Waals surface area contributed by atoms with Gasteiger partial charge in [0.25, 0.3) is 0 Å². The average molecular weight is 270 g/mol. The molecule has 0 amide bonds. The molecule has 106 valence electrons. The van der Waals surface area contributed by atoms with E-state index in [1.165, 1.54) is 11.1 Å². The maximum Gasteiger partial charge on any atom is 0.132 e. The second-order valence-corrected chi connectivity index (χ2v) is 5.29. The van der Waals surface area contributed by atoms with Crippen LogP contribution in [0.3, 0.4) is 0 Å². The topological polar surface area (TPSA) is 41.1 Å². The minimum Gasteiger partial charge on any atom is -0.366 e. The first-order valence-corrected chi connectivity index (χ1v) is 6.81. The average Bonchev–Trinajstić information content (AvgIpc) is 2.41. The van der Waals surface area contributed by atoms with Crippen molar-refractivity contribution in [2.24, 2.45) is 0 Å². The zero-order valence-electron chi connectivity index (χ0n) is 12.6. The largest absolute Gasteiger partial charge is 0.366 e. The van der Waals surface area contributed by atoms with Crippen LogP contribution in [0.5, 0.6) is 0 Å². The van der Waals surface area contributed by atoms with Crippen LogP contribution >= 0.6 is 0 Å². The fourth-order valence-corrected chi connectivity index (χ4v) is 2.12. The molecule has 0 saturated carbocycles. The zero-order valence-corrected chi connectivity index (χ0v) is 12.6. The maximum absolute atomic E-state index is 4.31. The number of hydrogen-bond donors (Lipinski definition) is 1. The summed E-state index contributed by atoms with van der Waals surface area (Å²) in [7, 11) is 4.17. The summed E-state index contributed by atoms with van der Waals surface area (Å²) >= 11 is 0. The normalized spacial score (nSPS) is 10.8. The van der Waals surface area contributed by atoms with E-state index in [1.807, 2.05) is 13.8 Å². The Hall–Kier alpha value is -1.94. The van der Waals surface area contributed by atoms with Crippen LogP contribution in [0, 0.1) is 13.8 Å². The predicted octanol–water partition coefficient (Wildman–Crippen LogP) is 2.77. The number of rotatable bonds is 5. The molecule has 2 aromatic rings. The molecule has 0 aliphatic heterocycles. The van der Waals surface area contributed by atoms with Crippen LogP contribution in [0.4, 0.5) is 5.82 Å². The summed E-state index contributed by atoms with van der Waals surface area (Å²) in [6, 6.07) is 8.50. The van der Waals surface area contributed by atoms with Gasteiger partial charge in [0.05, 0.1) is 0 Å². The first-order chi connectivity index (χ1) is 9.58. The number of nitrogens with one attached hydrogen (secondary N) is 1. The van der Waals surface area contributed by atoms with Gasteiger partial charge in [-0.15, -0.1) is 0 Å². The molecule has 1 aromatic carbocycles. The van der Waals surface area contributed by atoms with E-state index >= 15 is 0 Å². The number of hydrogen-bond acceptors (Lipinski definition) is 4. The standard InChI is InChI=1S/C16H22N4/c1-12-13(2)18-11-19-16(12)17-9-14-7-5-6-8-15(14)10-20(3)4/h5-8,11H,9-10H2,1-4H3,(H,17,18,19). The Morgan fingerprint density at radius 3 is 2.45 bits per heavy atom. The van der Waals surface area contributed by atoms with E-state index in [0.717, 1.165) is 30.2 Å². The maximum atomic E-state index is 4.31. The highest BCUT2D eigenvalue weighted by atomic mass is 15.1. The fraction of sp³-hybridized carbons (Fsp3) is 0.375. The van der Waals surface area contributed by atoms with E-state index in [4.69, 9.17) is 0 Å². The van der Waals surface area contributed by atoms with Crippen molar-refractivity contribution < 1.29 is 0 Å². The highest BCUT2D eigenvalue weighted by Crippen LogP contribution is 2.16. The molecule has 4 nitrogen and oxygen atoms in total. The number of nitrogens with zero attached hydrogens (tertiary/aromatic N) is 3. The quantitative estimate of drug-likeness (QED) is 0.907. The van der Waals surface area contributed by atoms with E-state index in [2.05, 4.69) is 58.5 Å². The van der Waals surface area contributed by atoms with Gasteiger partial charge in [-0.25, -0.2) is 9.97 Å². The molecule has 0 atom stereocenters. The zero-order chi connectivity index (χ0) is 14.5. The summed E-state index contributed by atoms with van der Waals surface area (Å²) < 4.78 is 0. The van der Waals surface area contributed by atoms with Crippen LogP contribution in [0.2, 0.25) is 0 Å². The van der Waals surface area contributed by atoms with Crippen LogP contribution in [-0.2, 0) is 13.1 Å². The molecule has 1 heterocycles. The van der Waals surface area contributed by atoms with Crippen molar-refractivity contribution >= 4 is 5.82 Å². The predicted molar refractivity (Wildman–Crippen MR) is 82.7 cm³/mol. The van der Waals surface area contributed by atoms with Crippen molar-refractivity contribution in [2.45, 2.75) is 26.9 Å². The molecular formula is C16H22N4. The minimum absolute atomic E-state index is 0.779. The summed E-state index contributed by atoms with van der Waals surface area (Å²) in [5.74, 6) is 0.914. The van der Waals surface area contributed by atoms with Crippen molar-refractivity contribution in [3.8, 4) is 0 Å². The van der Waals surface area contributed by atoms with Gasteiger partial charge in [0.2, 0.25) is 0 Å². The van der Waals surface area contributed by atoms with E-state index < -0.39 is 0 Å². The van der Waals surface area contributed by atoms with Crippen molar-refractivity contribution in [2.75, 3.05) is 19.4 Å². The second-order valence-electron chi connectivity index (χ2n) is 5.29. The van der Waals surface area contributed by atoms with Crippen molar-refractivity contribution in [1.29, 1.82) is 0 Å². The third-order valence-electron chi connectivity index (χ3n) is 3.39. The lowest BCUT2D eigenvalue weighted by molar-refractivity contribution is 0.401. The molecule has 1 N–H and O–H groups in total. The molecule has 4 heteroatoms. The molecule has 1 aromatic heterocycles. The van der Waals surface area contributed by atoms with Crippen molar-refractivity contribution in [3.63, 3.8) is 0 Å². The Kier molecular flexibility index (Phi) is 4.69. The minimum atomic E-state index is 0.779. The van der Waals surface area contributed by atoms with Crippen molar-refractivity contribution in [3.05, 3.63) is 53.0 Å². The Morgan fingerprint density at radius 1 is 1.05 bits per heavy atom. The Labute approximate surface area is 120 Å². The van der Waals surface area contributed by atoms with E-state index in [0.29, 0.717) is 0 Å². The molecule has 0 aliphatic rings. The van der Waals surface area contributed by atoms with Gasteiger partial charge in [-0.05, 0) is 39.1 Å². The third kappa shape index (κ3) is 3.54. The summed E-state index contributed by atoms with van der Waals surface area (Å²) in [5.41, 5.74) is 4.77. The summed E-state index contributed by atoms with van der Waals surface area (Å²) in [4.78, 5) is 10.7. The first kappa shape index (κ1) is 14.5. The molecule has 0 bridgehead atoms. The molecule has 0 unspecified atom stereocenters. The van der Waals surface area contributed by atoms with Gasteiger partial charge < -0.3 is 10.2 Å². The van der Waals surface area contributed by atoms with E-state index in [-0.39, 0.29) is 0 Å². The van der Waals surface area contributed by atoms with Gasteiger partial charge in [-0.1, -0.05) is 24.3 Å². The second kappa shape index (κ2) is 6.48. The molecule has 0 spiro atoms. The van der Waals surface area contributed by atoms with Gasteiger partial charge in [0.15, 0.2) is 0 Å². The molecular weight excluding hydrogens is 248 g/mol. The van der Waals surface area contributed by atoms with Crippen LogP contribution in [-0.4, -0.2) is 29.0 Å². The van der Waals surface area contributed by atoms with Gasteiger partial charge in [0, 0.05) is 24.3 Å². The highest BCUT2D eigenvalue weighted by Gasteiger charge is 2.06. The van der Waals surface area contributed by atoms with Crippen LogP contribution in [0.25, 0.3) is 0 Å². The lowest BCUT2D eigenvalue weighted by Gasteiger charge is -2.15. The monoisotopic (exact) mass is 270 g/mol. The molecule has 0 saturated heterocycles. The summed E-state index contributed by atoms with van der Waals surface area (Å²) in [6.07, 6.45) is 1.61. The highest BCUT2D eigenvalue weighted by molar-refractivity contribution is 5.45. The Balaban J connectivity index is 2.13. The fourth-order valence-electron chi connectivity index (χ4n) is 2.12. The van der Waals surface area contributed by atoms with Gasteiger partial charge in [-0.2, -0.15) is 0 Å². The number of anilines is 1. The molecule has 2 rings (SSSR count). The van der Waals surface area contributed by atoms with Crippen LogP contribution < -0.4 is 5.32 Å². The molecule has 0 radical (unpaired) electrons. The SMILES string of the molecule is Cc1ncnc(NCc2ccccc2CN(C)C)c1C. The molecule has 20 heavy (non-hydrogen) atoms. The van der Waals surface area contributed by atoms with Gasteiger partial charge in [-0.3, -0.25) is 0 Å². The Morgan fingerprint density at radius 2 is 1.75 bits per heavy atom. The smallest absolute Gasteiger partial charge is 0.132 e. The lowest BCUT2D eigenvalue weighted by atomic mass is 10.1. The van der Waals surface area contributed by atoms with Gasteiger partial charge >= 0.3 is 0 Å². The van der Waals surface area contributed by atoms with E-state index in [1.54, 1.807) is 6.33 Å². The number of aromatic nitrogens is 2. The number of aryl methyl sites for hydroxylation is 1. The Bertz CT molecular complexity index is 578. The van der Waals surface area contributed by atoms with Crippen molar-refractivity contribution in [1.82, 2.24) is 14.9 Å². The van der Waals surface area contributed by atoms with Gasteiger partial charge in [0.1, 0.15) is 12.1 Å². The molecule has 0 fully saturated rings. The third-order valence-corrected chi connectivity index (χ3v) is 3.39. The van der Waals surface area contributed by atoms with Crippen LogP contribution in [0.15, 0.2) is 30.6 Å². The lowest BCUT2D eigenvalue weighted by Crippen LogP contribution is -2.14. The first-order valence-electron chi connectivity index (χ1n) is 6.81. The molecule has 0 aliphatic carbocycles. The summed E-state index contributed by atoms with van der Waals surface area (Å²) in [6.45, 7) is 5.77. The van der Waals surface area contributed by atoms with Crippen LogP contribution in [0.1, 0.15) is 22.4 Å². The summed E-state index contributed by atoms with van der Waals surface area (Å²) in [5, 5.41) is 3.41. The van der Waals surface area contributed by atoms with E-state index in [9.17, 15) is 0 Å². The number of benzene rings is 1.